The molecule has 29 heavy (non-hydrogen) atoms. The van der Waals surface area contributed by atoms with Gasteiger partial charge in [0.15, 0.2) is 5.52 Å². The summed E-state index contributed by atoms with van der Waals surface area (Å²) in [5, 5.41) is 12.1. The maximum atomic E-state index is 12.8. The number of nitro benzene ring substituents is 1. The van der Waals surface area contributed by atoms with E-state index in [9.17, 15) is 18.5 Å². The Hall–Kier alpha value is -3.11. The van der Waals surface area contributed by atoms with Crippen molar-refractivity contribution in [3.8, 4) is 0 Å². The Kier molecular flexibility index (Phi) is 4.89. The molecule has 1 aliphatic heterocycles. The molecule has 1 aromatic carbocycles. The molecule has 9 nitrogen and oxygen atoms in total. The van der Waals surface area contributed by atoms with Gasteiger partial charge in [0, 0.05) is 61.4 Å². The summed E-state index contributed by atoms with van der Waals surface area (Å²) in [6, 6.07) is 9.91. The van der Waals surface area contributed by atoms with Crippen molar-refractivity contribution in [3.05, 3.63) is 64.6 Å². The number of rotatable bonds is 4. The van der Waals surface area contributed by atoms with Gasteiger partial charge in [0.05, 0.1) is 4.92 Å². The lowest BCUT2D eigenvalue weighted by Crippen LogP contribution is -2.48. The number of fused-ring (bicyclic) bond motifs is 1. The van der Waals surface area contributed by atoms with Gasteiger partial charge in [-0.15, -0.1) is 0 Å². The van der Waals surface area contributed by atoms with Gasteiger partial charge in [-0.3, -0.25) is 15.1 Å². The molecule has 2 aromatic heterocycles. The number of aromatic nitrogens is 2. The first-order valence-corrected chi connectivity index (χ1v) is 10.5. The quantitative estimate of drug-likeness (QED) is 0.477. The predicted molar refractivity (Wildman–Crippen MR) is 108 cm³/mol. The van der Waals surface area contributed by atoms with Gasteiger partial charge in [-0.25, -0.2) is 13.4 Å². The van der Waals surface area contributed by atoms with Crippen LogP contribution < -0.4 is 4.90 Å². The Labute approximate surface area is 167 Å². The third-order valence-electron chi connectivity index (χ3n) is 4.97. The Morgan fingerprint density at radius 1 is 1.10 bits per heavy atom. The SMILES string of the molecule is Cc1cc(N2CCN(S(=O)(=O)c3cccnc3)CC2)c2cccc([N+](=O)[O-])c2n1. The molecule has 0 atom stereocenters. The maximum Gasteiger partial charge on any atom is 0.295 e. The Morgan fingerprint density at radius 3 is 2.52 bits per heavy atom. The summed E-state index contributed by atoms with van der Waals surface area (Å²) >= 11 is 0. The van der Waals surface area contributed by atoms with Crippen molar-refractivity contribution in [2.45, 2.75) is 11.8 Å². The number of sulfonamides is 1. The molecule has 1 saturated heterocycles. The minimum atomic E-state index is -3.59. The smallest absolute Gasteiger partial charge is 0.295 e. The van der Waals surface area contributed by atoms with Gasteiger partial charge in [0.25, 0.3) is 5.69 Å². The summed E-state index contributed by atoms with van der Waals surface area (Å²) in [6.07, 6.45) is 2.88. The van der Waals surface area contributed by atoms with Crippen LogP contribution >= 0.6 is 0 Å². The molecule has 0 saturated carbocycles. The summed E-state index contributed by atoms with van der Waals surface area (Å²) in [7, 11) is -3.59. The van der Waals surface area contributed by atoms with Crippen LogP contribution in [0.5, 0.6) is 0 Å². The van der Waals surface area contributed by atoms with Crippen molar-refractivity contribution < 1.29 is 13.3 Å². The summed E-state index contributed by atoms with van der Waals surface area (Å²) < 4.78 is 27.0. The van der Waals surface area contributed by atoms with Crippen molar-refractivity contribution >= 4 is 32.3 Å². The van der Waals surface area contributed by atoms with E-state index in [-0.39, 0.29) is 10.6 Å². The number of benzene rings is 1. The molecule has 4 rings (SSSR count). The number of nitro groups is 1. The molecule has 1 aliphatic rings. The van der Waals surface area contributed by atoms with E-state index in [1.54, 1.807) is 19.1 Å². The number of pyridine rings is 2. The van der Waals surface area contributed by atoms with Crippen LogP contribution in [0.15, 0.2) is 53.7 Å². The molecule has 3 aromatic rings. The Balaban J connectivity index is 1.63. The van der Waals surface area contributed by atoms with E-state index in [1.165, 1.54) is 28.8 Å². The van der Waals surface area contributed by atoms with Crippen molar-refractivity contribution in [2.75, 3.05) is 31.1 Å². The number of nitrogens with zero attached hydrogens (tertiary/aromatic N) is 5. The van der Waals surface area contributed by atoms with Gasteiger partial charge in [-0.2, -0.15) is 4.31 Å². The number of non-ortho nitro benzene ring substituents is 1. The molecular formula is C19H19N5O4S. The lowest BCUT2D eigenvalue weighted by atomic mass is 10.1. The number of hydrogen-bond acceptors (Lipinski definition) is 7. The lowest BCUT2D eigenvalue weighted by Gasteiger charge is -2.35. The molecular weight excluding hydrogens is 394 g/mol. The highest BCUT2D eigenvalue weighted by Gasteiger charge is 2.29. The second-order valence-electron chi connectivity index (χ2n) is 6.79. The van der Waals surface area contributed by atoms with E-state index in [0.717, 1.165) is 5.69 Å². The van der Waals surface area contributed by atoms with Crippen LogP contribution in [0.1, 0.15) is 5.69 Å². The second kappa shape index (κ2) is 7.37. The number of para-hydroxylation sites is 1. The van der Waals surface area contributed by atoms with E-state index < -0.39 is 14.9 Å². The molecule has 0 spiro atoms. The van der Waals surface area contributed by atoms with Crippen LogP contribution in [-0.4, -0.2) is 53.8 Å². The number of hydrogen-bond donors (Lipinski definition) is 0. The highest BCUT2D eigenvalue weighted by atomic mass is 32.2. The zero-order chi connectivity index (χ0) is 20.6. The van der Waals surface area contributed by atoms with Crippen LogP contribution in [0.4, 0.5) is 11.4 Å². The standard InChI is InChI=1S/C19H19N5O4S/c1-14-12-18(16-5-2-6-17(24(25)26)19(16)21-14)22-8-10-23(11-9-22)29(27,28)15-4-3-7-20-13-15/h2-7,12-13H,8-11H2,1H3. The Morgan fingerprint density at radius 2 is 1.86 bits per heavy atom. The van der Waals surface area contributed by atoms with Gasteiger partial charge < -0.3 is 4.90 Å². The molecule has 0 amide bonds. The first-order chi connectivity index (χ1) is 13.9. The highest BCUT2D eigenvalue weighted by Crippen LogP contribution is 2.33. The third-order valence-corrected chi connectivity index (χ3v) is 6.85. The zero-order valence-electron chi connectivity index (χ0n) is 15.7. The van der Waals surface area contributed by atoms with Crippen LogP contribution in [0.25, 0.3) is 10.9 Å². The molecule has 0 radical (unpaired) electrons. The number of piperazine rings is 1. The van der Waals surface area contributed by atoms with Crippen LogP contribution in [0.3, 0.4) is 0 Å². The number of aryl methyl sites for hydroxylation is 1. The van der Waals surface area contributed by atoms with E-state index in [2.05, 4.69) is 14.9 Å². The summed E-state index contributed by atoms with van der Waals surface area (Å²) in [5.41, 5.74) is 1.81. The normalized spacial score (nSPS) is 15.6. The average Bonchev–Trinajstić information content (AvgIpc) is 2.73. The fraction of sp³-hybridized carbons (Fsp3) is 0.263. The molecule has 0 unspecified atom stereocenters. The van der Waals surface area contributed by atoms with Gasteiger partial charge in [0.2, 0.25) is 10.0 Å². The van der Waals surface area contributed by atoms with Crippen molar-refractivity contribution in [2.24, 2.45) is 0 Å². The molecule has 3 heterocycles. The molecule has 10 heteroatoms. The fourth-order valence-corrected chi connectivity index (χ4v) is 4.95. The van der Waals surface area contributed by atoms with Crippen LogP contribution in [-0.2, 0) is 10.0 Å². The average molecular weight is 413 g/mol. The number of anilines is 1. The van der Waals surface area contributed by atoms with E-state index in [4.69, 9.17) is 0 Å². The van der Waals surface area contributed by atoms with Crippen molar-refractivity contribution in [1.29, 1.82) is 0 Å². The summed E-state index contributed by atoms with van der Waals surface area (Å²) in [6.45, 7) is 3.37. The highest BCUT2D eigenvalue weighted by molar-refractivity contribution is 7.89. The van der Waals surface area contributed by atoms with Crippen molar-refractivity contribution in [1.82, 2.24) is 14.3 Å². The van der Waals surface area contributed by atoms with E-state index in [0.29, 0.717) is 42.8 Å². The lowest BCUT2D eigenvalue weighted by molar-refractivity contribution is -0.383. The first kappa shape index (κ1) is 19.2. The monoisotopic (exact) mass is 413 g/mol. The summed E-state index contributed by atoms with van der Waals surface area (Å²) in [5.74, 6) is 0. The van der Waals surface area contributed by atoms with Gasteiger partial charge in [0.1, 0.15) is 4.90 Å². The minimum absolute atomic E-state index is 0.0368. The van der Waals surface area contributed by atoms with Gasteiger partial charge in [-0.1, -0.05) is 12.1 Å². The zero-order valence-corrected chi connectivity index (χ0v) is 16.5. The van der Waals surface area contributed by atoms with E-state index in [1.807, 2.05) is 12.1 Å². The van der Waals surface area contributed by atoms with Crippen LogP contribution in [0.2, 0.25) is 0 Å². The van der Waals surface area contributed by atoms with Crippen molar-refractivity contribution in [3.63, 3.8) is 0 Å². The Bertz CT molecular complexity index is 1180. The first-order valence-electron chi connectivity index (χ1n) is 9.08. The topological polar surface area (TPSA) is 110 Å². The molecule has 0 aliphatic carbocycles. The fourth-order valence-electron chi connectivity index (χ4n) is 3.57. The minimum Gasteiger partial charge on any atom is -0.368 e. The molecule has 0 N–H and O–H groups in total. The largest absolute Gasteiger partial charge is 0.368 e. The van der Waals surface area contributed by atoms with E-state index >= 15 is 0 Å². The molecule has 150 valence electrons. The molecule has 0 bridgehead atoms. The predicted octanol–water partition coefficient (Wildman–Crippen LogP) is 2.36. The maximum absolute atomic E-state index is 12.8. The summed E-state index contributed by atoms with van der Waals surface area (Å²) in [4.78, 5) is 21.4. The molecule has 1 fully saturated rings. The second-order valence-corrected chi connectivity index (χ2v) is 8.73. The third kappa shape index (κ3) is 3.52. The van der Waals surface area contributed by atoms with Gasteiger partial charge >= 0.3 is 0 Å². The van der Waals surface area contributed by atoms with Crippen LogP contribution in [0, 0.1) is 17.0 Å². The van der Waals surface area contributed by atoms with Gasteiger partial charge in [-0.05, 0) is 25.1 Å².